The number of methoxy groups -OCH3 is 1. The van der Waals surface area contributed by atoms with E-state index in [9.17, 15) is 25.0 Å². The van der Waals surface area contributed by atoms with Crippen molar-refractivity contribution in [3.63, 3.8) is 0 Å². The van der Waals surface area contributed by atoms with E-state index < -0.39 is 27.1 Å². The summed E-state index contributed by atoms with van der Waals surface area (Å²) < 4.78 is 10.8. The van der Waals surface area contributed by atoms with Gasteiger partial charge in [0.05, 0.1) is 29.2 Å². The first kappa shape index (κ1) is 23.2. The molecule has 0 radical (unpaired) electrons. The molecule has 0 fully saturated rings. The minimum Gasteiger partial charge on any atom is -0.493 e. The summed E-state index contributed by atoms with van der Waals surface area (Å²) in [6.45, 7) is 0. The van der Waals surface area contributed by atoms with E-state index in [1.54, 1.807) is 30.3 Å². The quantitative estimate of drug-likeness (QED) is 0.284. The lowest BCUT2D eigenvalue weighted by Crippen LogP contribution is -2.17. The summed E-state index contributed by atoms with van der Waals surface area (Å²) in [5.74, 6) is -0.309. The van der Waals surface area contributed by atoms with Gasteiger partial charge in [-0.1, -0.05) is 11.6 Å². The fourth-order valence-corrected chi connectivity index (χ4v) is 2.78. The topological polar surface area (TPSA) is 146 Å². The molecule has 3 aromatic carbocycles. The first-order valence-electron chi connectivity index (χ1n) is 9.16. The maximum Gasteiger partial charge on any atom is 0.318 e. The van der Waals surface area contributed by atoms with Crippen LogP contribution in [-0.2, 0) is 0 Å². The van der Waals surface area contributed by atoms with Gasteiger partial charge in [-0.25, -0.2) is 5.43 Å². The predicted molar refractivity (Wildman–Crippen MR) is 119 cm³/mol. The van der Waals surface area contributed by atoms with Crippen molar-refractivity contribution in [3.05, 3.63) is 97.0 Å². The summed E-state index contributed by atoms with van der Waals surface area (Å²) in [6, 6.07) is 13.9. The Morgan fingerprint density at radius 1 is 0.970 bits per heavy atom. The number of hydrazone groups is 1. The van der Waals surface area contributed by atoms with E-state index in [2.05, 4.69) is 10.5 Å². The van der Waals surface area contributed by atoms with Gasteiger partial charge < -0.3 is 9.47 Å². The number of rotatable bonds is 8. The van der Waals surface area contributed by atoms with Crippen molar-refractivity contribution < 1.29 is 24.1 Å². The zero-order valence-corrected chi connectivity index (χ0v) is 17.7. The van der Waals surface area contributed by atoms with Crippen molar-refractivity contribution in [1.29, 1.82) is 0 Å². The standard InChI is InChI=1S/C21H15ClN4O7/c1-32-19-8-2-13(12-23-24-21(27)14-3-5-15(22)6-4-14)10-20(19)33-18-9-7-16(25(28)29)11-17(18)26(30)31/h2-12H,1H3,(H,24,27)/b23-12-. The maximum atomic E-state index is 12.1. The molecule has 0 bridgehead atoms. The number of amides is 1. The molecular weight excluding hydrogens is 456 g/mol. The molecule has 1 amide bonds. The van der Waals surface area contributed by atoms with Crippen molar-refractivity contribution in [2.24, 2.45) is 5.10 Å². The second-order valence-corrected chi connectivity index (χ2v) is 6.82. The Hall–Kier alpha value is -4.51. The molecule has 0 heterocycles. The monoisotopic (exact) mass is 470 g/mol. The highest BCUT2D eigenvalue weighted by Gasteiger charge is 2.22. The van der Waals surface area contributed by atoms with Gasteiger partial charge in [0, 0.05) is 16.7 Å². The van der Waals surface area contributed by atoms with Crippen molar-refractivity contribution in [3.8, 4) is 17.2 Å². The van der Waals surface area contributed by atoms with Gasteiger partial charge >= 0.3 is 5.69 Å². The Morgan fingerprint density at radius 3 is 2.30 bits per heavy atom. The summed E-state index contributed by atoms with van der Waals surface area (Å²) in [4.78, 5) is 32.8. The van der Waals surface area contributed by atoms with E-state index in [1.807, 2.05) is 0 Å². The third-order valence-corrected chi connectivity index (χ3v) is 4.50. The number of nitrogens with one attached hydrogen (secondary N) is 1. The van der Waals surface area contributed by atoms with Gasteiger partial charge in [-0.3, -0.25) is 25.0 Å². The molecule has 33 heavy (non-hydrogen) atoms. The van der Waals surface area contributed by atoms with Crippen molar-refractivity contribution in [1.82, 2.24) is 5.43 Å². The van der Waals surface area contributed by atoms with Crippen LogP contribution in [0, 0.1) is 20.2 Å². The zero-order valence-electron chi connectivity index (χ0n) is 16.9. The summed E-state index contributed by atoms with van der Waals surface area (Å²) in [5.41, 5.74) is 2.18. The summed E-state index contributed by atoms with van der Waals surface area (Å²) >= 11 is 5.80. The SMILES string of the molecule is COc1ccc(/C=N\NC(=O)c2ccc(Cl)cc2)cc1Oc1ccc([N+](=O)[O-])cc1[N+](=O)[O-]. The molecule has 12 heteroatoms. The first-order chi connectivity index (χ1) is 15.8. The molecule has 0 saturated heterocycles. The second-order valence-electron chi connectivity index (χ2n) is 6.38. The van der Waals surface area contributed by atoms with Crippen LogP contribution in [-0.4, -0.2) is 29.1 Å². The average Bonchev–Trinajstić information content (AvgIpc) is 2.79. The third-order valence-electron chi connectivity index (χ3n) is 4.24. The molecule has 0 unspecified atom stereocenters. The Labute approximate surface area is 191 Å². The van der Waals surface area contributed by atoms with Gasteiger partial charge in [0.1, 0.15) is 0 Å². The molecule has 168 valence electrons. The van der Waals surface area contributed by atoms with Crippen molar-refractivity contribution in [2.75, 3.05) is 7.11 Å². The van der Waals surface area contributed by atoms with E-state index in [4.69, 9.17) is 21.1 Å². The molecule has 0 saturated carbocycles. The molecule has 3 rings (SSSR count). The summed E-state index contributed by atoms with van der Waals surface area (Å²) in [6.07, 6.45) is 1.34. The van der Waals surface area contributed by atoms with E-state index in [0.29, 0.717) is 16.1 Å². The molecule has 0 aliphatic heterocycles. The predicted octanol–water partition coefficient (Wildman–Crippen LogP) is 4.72. The van der Waals surface area contributed by atoms with E-state index in [-0.39, 0.29) is 17.2 Å². The number of nitrogens with zero attached hydrogens (tertiary/aromatic N) is 3. The molecule has 11 nitrogen and oxygen atoms in total. The van der Waals surface area contributed by atoms with E-state index >= 15 is 0 Å². The highest BCUT2D eigenvalue weighted by Crippen LogP contribution is 2.38. The van der Waals surface area contributed by atoms with Crippen LogP contribution in [0.4, 0.5) is 11.4 Å². The van der Waals surface area contributed by atoms with Gasteiger partial charge in [-0.2, -0.15) is 5.10 Å². The third kappa shape index (κ3) is 5.80. The molecule has 1 N–H and O–H groups in total. The van der Waals surface area contributed by atoms with Crippen LogP contribution in [0.2, 0.25) is 5.02 Å². The van der Waals surface area contributed by atoms with E-state index in [1.165, 1.54) is 25.5 Å². The van der Waals surface area contributed by atoms with Gasteiger partial charge in [0.2, 0.25) is 5.75 Å². The van der Waals surface area contributed by atoms with Crippen LogP contribution >= 0.6 is 11.6 Å². The Kier molecular flexibility index (Phi) is 7.16. The van der Waals surface area contributed by atoms with Gasteiger partial charge in [0.15, 0.2) is 11.5 Å². The molecule has 0 aliphatic carbocycles. The Balaban J connectivity index is 1.82. The molecule has 0 aliphatic rings. The lowest BCUT2D eigenvalue weighted by molar-refractivity contribution is -0.394. The van der Waals surface area contributed by atoms with Crippen LogP contribution in [0.15, 0.2) is 65.8 Å². The van der Waals surface area contributed by atoms with Gasteiger partial charge in [-0.05, 0) is 54.1 Å². The van der Waals surface area contributed by atoms with Gasteiger partial charge in [0.25, 0.3) is 11.6 Å². The fourth-order valence-electron chi connectivity index (χ4n) is 2.65. The number of hydrogen-bond donors (Lipinski definition) is 1. The highest BCUT2D eigenvalue weighted by atomic mass is 35.5. The van der Waals surface area contributed by atoms with Crippen LogP contribution < -0.4 is 14.9 Å². The lowest BCUT2D eigenvalue weighted by Gasteiger charge is -2.11. The second kappa shape index (κ2) is 10.2. The number of carbonyl (C=O) groups excluding carboxylic acids is 1. The molecule has 0 atom stereocenters. The maximum absolute atomic E-state index is 12.1. The van der Waals surface area contributed by atoms with Crippen LogP contribution in [0.5, 0.6) is 17.2 Å². The van der Waals surface area contributed by atoms with Crippen molar-refractivity contribution >= 4 is 35.1 Å². The molecule has 0 spiro atoms. The van der Waals surface area contributed by atoms with Crippen LogP contribution in [0.1, 0.15) is 15.9 Å². The summed E-state index contributed by atoms with van der Waals surface area (Å²) in [7, 11) is 1.38. The van der Waals surface area contributed by atoms with Crippen LogP contribution in [0.3, 0.4) is 0 Å². The zero-order chi connectivity index (χ0) is 24.0. The van der Waals surface area contributed by atoms with E-state index in [0.717, 1.165) is 18.2 Å². The Morgan fingerprint density at radius 2 is 1.67 bits per heavy atom. The van der Waals surface area contributed by atoms with Gasteiger partial charge in [-0.15, -0.1) is 0 Å². The number of ether oxygens (including phenoxy) is 2. The number of nitro groups is 2. The normalized spacial score (nSPS) is 10.6. The average molecular weight is 471 g/mol. The minimum atomic E-state index is -0.785. The number of non-ortho nitro benzene ring substituents is 1. The number of carbonyl (C=O) groups is 1. The number of benzene rings is 3. The number of hydrogen-bond acceptors (Lipinski definition) is 8. The highest BCUT2D eigenvalue weighted by molar-refractivity contribution is 6.30. The molecule has 3 aromatic rings. The molecular formula is C21H15ClN4O7. The molecule has 0 aromatic heterocycles. The van der Waals surface area contributed by atoms with Crippen molar-refractivity contribution in [2.45, 2.75) is 0 Å². The number of nitro benzene ring substituents is 2. The smallest absolute Gasteiger partial charge is 0.318 e. The number of halogens is 1. The Bertz CT molecular complexity index is 1250. The fraction of sp³-hybridized carbons (Fsp3) is 0.0476. The minimum absolute atomic E-state index is 0.0995. The lowest BCUT2D eigenvalue weighted by atomic mass is 10.2. The summed E-state index contributed by atoms with van der Waals surface area (Å²) in [5, 5.41) is 26.6. The first-order valence-corrected chi connectivity index (χ1v) is 9.54. The largest absolute Gasteiger partial charge is 0.493 e. The van der Waals surface area contributed by atoms with Crippen LogP contribution in [0.25, 0.3) is 0 Å².